The van der Waals surface area contributed by atoms with E-state index >= 15 is 0 Å². The molecule has 0 saturated carbocycles. The topological polar surface area (TPSA) is 40.7 Å². The number of H-pyrrole nitrogens is 1. The zero-order valence-electron chi connectivity index (χ0n) is 10.5. The lowest BCUT2D eigenvalue weighted by Gasteiger charge is -2.05. The van der Waals surface area contributed by atoms with Crippen LogP contribution in [0.3, 0.4) is 0 Å². The van der Waals surface area contributed by atoms with Crippen molar-refractivity contribution in [1.82, 2.24) is 15.5 Å². The number of hydrogen-bond donors (Lipinski definition) is 2. The van der Waals surface area contributed by atoms with E-state index in [1.165, 1.54) is 16.7 Å². The van der Waals surface area contributed by atoms with Crippen molar-refractivity contribution in [1.29, 1.82) is 0 Å². The van der Waals surface area contributed by atoms with Crippen molar-refractivity contribution in [2.45, 2.75) is 26.8 Å². The molecule has 0 spiro atoms. The van der Waals surface area contributed by atoms with Gasteiger partial charge in [-0.15, -0.1) is 0 Å². The molecule has 2 aromatic rings. The maximum Gasteiger partial charge on any atom is 0.0695 e. The Kier molecular flexibility index (Phi) is 3.94. The van der Waals surface area contributed by atoms with Crippen molar-refractivity contribution in [2.75, 3.05) is 6.54 Å². The number of rotatable bonds is 5. The minimum Gasteiger partial charge on any atom is -0.313 e. The van der Waals surface area contributed by atoms with Crippen molar-refractivity contribution in [3.8, 4) is 11.3 Å². The van der Waals surface area contributed by atoms with Crippen molar-refractivity contribution < 1.29 is 0 Å². The van der Waals surface area contributed by atoms with E-state index in [1.54, 1.807) is 0 Å². The lowest BCUT2D eigenvalue weighted by Crippen LogP contribution is -2.13. The van der Waals surface area contributed by atoms with Crippen molar-refractivity contribution in [3.05, 3.63) is 41.6 Å². The van der Waals surface area contributed by atoms with Gasteiger partial charge in [-0.05, 0) is 26.0 Å². The van der Waals surface area contributed by atoms with Gasteiger partial charge in [0.05, 0.1) is 11.9 Å². The molecule has 3 nitrogen and oxygen atoms in total. The van der Waals surface area contributed by atoms with Gasteiger partial charge in [0, 0.05) is 17.7 Å². The van der Waals surface area contributed by atoms with Crippen LogP contribution < -0.4 is 5.32 Å². The van der Waals surface area contributed by atoms with Crippen LogP contribution in [-0.4, -0.2) is 16.7 Å². The Balaban J connectivity index is 2.18. The highest BCUT2D eigenvalue weighted by atomic mass is 15.1. The summed E-state index contributed by atoms with van der Waals surface area (Å²) in [7, 11) is 0. The van der Waals surface area contributed by atoms with E-state index in [1.807, 2.05) is 6.20 Å². The van der Waals surface area contributed by atoms with Crippen molar-refractivity contribution >= 4 is 0 Å². The zero-order chi connectivity index (χ0) is 12.1. The molecule has 0 fully saturated rings. The van der Waals surface area contributed by atoms with E-state index in [9.17, 15) is 0 Å². The number of benzene rings is 1. The number of nitrogens with one attached hydrogen (secondary N) is 2. The molecule has 0 aliphatic carbocycles. The van der Waals surface area contributed by atoms with E-state index in [0.29, 0.717) is 0 Å². The molecule has 0 bridgehead atoms. The first kappa shape index (κ1) is 11.9. The lowest BCUT2D eigenvalue weighted by molar-refractivity contribution is 0.676. The average molecular weight is 229 g/mol. The van der Waals surface area contributed by atoms with Crippen molar-refractivity contribution in [3.63, 3.8) is 0 Å². The quantitative estimate of drug-likeness (QED) is 0.774. The molecule has 2 N–H and O–H groups in total. The van der Waals surface area contributed by atoms with Gasteiger partial charge in [0.25, 0.3) is 0 Å². The maximum absolute atomic E-state index is 4.14. The largest absolute Gasteiger partial charge is 0.313 e. The summed E-state index contributed by atoms with van der Waals surface area (Å²) in [6, 6.07) is 8.48. The fourth-order valence-electron chi connectivity index (χ4n) is 1.90. The summed E-state index contributed by atoms with van der Waals surface area (Å²) in [6.45, 7) is 6.19. The highest BCUT2D eigenvalue weighted by Gasteiger charge is 2.06. The average Bonchev–Trinajstić information content (AvgIpc) is 2.78. The standard InChI is InChI=1S/C14H19N3/c1-3-7-15-9-13-10-16-17-14(13)12-6-4-5-11(2)8-12/h4-6,8,10,15H,3,7,9H2,1-2H3,(H,16,17). The monoisotopic (exact) mass is 229 g/mol. The van der Waals surface area contributed by atoms with Crippen LogP contribution in [0, 0.1) is 6.92 Å². The Bertz CT molecular complexity index is 474. The SMILES string of the molecule is CCCNCc1cn[nH]c1-c1cccc(C)c1. The second kappa shape index (κ2) is 5.64. The third-order valence-electron chi connectivity index (χ3n) is 2.77. The highest BCUT2D eigenvalue weighted by molar-refractivity contribution is 5.63. The Morgan fingerprint density at radius 1 is 1.35 bits per heavy atom. The molecule has 0 radical (unpaired) electrons. The summed E-state index contributed by atoms with van der Waals surface area (Å²) in [5, 5.41) is 10.6. The van der Waals surface area contributed by atoms with Gasteiger partial charge < -0.3 is 5.32 Å². The molecule has 0 aliphatic heterocycles. The van der Waals surface area contributed by atoms with Crippen LogP contribution in [0.15, 0.2) is 30.5 Å². The summed E-state index contributed by atoms with van der Waals surface area (Å²) >= 11 is 0. The van der Waals surface area contributed by atoms with E-state index in [2.05, 4.69) is 53.6 Å². The van der Waals surface area contributed by atoms with Gasteiger partial charge in [-0.3, -0.25) is 5.10 Å². The highest BCUT2D eigenvalue weighted by Crippen LogP contribution is 2.21. The molecule has 0 unspecified atom stereocenters. The summed E-state index contributed by atoms with van der Waals surface area (Å²) in [5.74, 6) is 0. The van der Waals surface area contributed by atoms with Crippen LogP contribution in [0.25, 0.3) is 11.3 Å². The Morgan fingerprint density at radius 2 is 2.24 bits per heavy atom. The lowest BCUT2D eigenvalue weighted by atomic mass is 10.1. The fraction of sp³-hybridized carbons (Fsp3) is 0.357. The van der Waals surface area contributed by atoms with Crippen LogP contribution >= 0.6 is 0 Å². The molecular formula is C14H19N3. The second-order valence-electron chi connectivity index (χ2n) is 4.32. The van der Waals surface area contributed by atoms with E-state index in [-0.39, 0.29) is 0 Å². The molecule has 0 amide bonds. The fourth-order valence-corrected chi connectivity index (χ4v) is 1.90. The number of aryl methyl sites for hydroxylation is 1. The van der Waals surface area contributed by atoms with Gasteiger partial charge in [-0.2, -0.15) is 5.10 Å². The number of nitrogens with zero attached hydrogens (tertiary/aromatic N) is 1. The second-order valence-corrected chi connectivity index (χ2v) is 4.32. The van der Waals surface area contributed by atoms with Crippen LogP contribution in [0.4, 0.5) is 0 Å². The van der Waals surface area contributed by atoms with Crippen molar-refractivity contribution in [2.24, 2.45) is 0 Å². The summed E-state index contributed by atoms with van der Waals surface area (Å²) in [4.78, 5) is 0. The number of aromatic nitrogens is 2. The van der Waals surface area contributed by atoms with E-state index in [0.717, 1.165) is 25.2 Å². The first-order chi connectivity index (χ1) is 8.31. The molecular weight excluding hydrogens is 210 g/mol. The molecule has 90 valence electrons. The first-order valence-electron chi connectivity index (χ1n) is 6.11. The first-order valence-corrected chi connectivity index (χ1v) is 6.11. The summed E-state index contributed by atoms with van der Waals surface area (Å²) in [5.41, 5.74) is 4.82. The molecule has 0 aliphatic rings. The van der Waals surface area contributed by atoms with Gasteiger partial charge >= 0.3 is 0 Å². The molecule has 0 atom stereocenters. The molecule has 0 saturated heterocycles. The van der Waals surface area contributed by atoms with E-state index < -0.39 is 0 Å². The number of aromatic amines is 1. The third kappa shape index (κ3) is 2.94. The van der Waals surface area contributed by atoms with Crippen LogP contribution in [0.2, 0.25) is 0 Å². The zero-order valence-corrected chi connectivity index (χ0v) is 10.5. The molecule has 1 aromatic carbocycles. The molecule has 1 heterocycles. The molecule has 2 rings (SSSR count). The summed E-state index contributed by atoms with van der Waals surface area (Å²) < 4.78 is 0. The van der Waals surface area contributed by atoms with Crippen LogP contribution in [-0.2, 0) is 6.54 Å². The van der Waals surface area contributed by atoms with Gasteiger partial charge in [0.15, 0.2) is 0 Å². The van der Waals surface area contributed by atoms with Gasteiger partial charge in [-0.1, -0.05) is 30.7 Å². The van der Waals surface area contributed by atoms with Gasteiger partial charge in [0.1, 0.15) is 0 Å². The normalized spacial score (nSPS) is 10.7. The molecule has 17 heavy (non-hydrogen) atoms. The van der Waals surface area contributed by atoms with Gasteiger partial charge in [-0.25, -0.2) is 0 Å². The summed E-state index contributed by atoms with van der Waals surface area (Å²) in [6.07, 6.45) is 3.05. The minimum atomic E-state index is 0.869. The minimum absolute atomic E-state index is 0.869. The van der Waals surface area contributed by atoms with Crippen LogP contribution in [0.1, 0.15) is 24.5 Å². The van der Waals surface area contributed by atoms with Crippen LogP contribution in [0.5, 0.6) is 0 Å². The third-order valence-corrected chi connectivity index (χ3v) is 2.77. The smallest absolute Gasteiger partial charge is 0.0695 e. The predicted molar refractivity (Wildman–Crippen MR) is 70.8 cm³/mol. The Labute approximate surface area is 102 Å². The Hall–Kier alpha value is -1.61. The molecule has 1 aromatic heterocycles. The van der Waals surface area contributed by atoms with E-state index in [4.69, 9.17) is 0 Å². The molecule has 3 heteroatoms. The predicted octanol–water partition coefficient (Wildman–Crippen LogP) is 2.88. The maximum atomic E-state index is 4.14. The number of hydrogen-bond acceptors (Lipinski definition) is 2. The van der Waals surface area contributed by atoms with Gasteiger partial charge in [0.2, 0.25) is 0 Å². The Morgan fingerprint density at radius 3 is 3.00 bits per heavy atom.